The van der Waals surface area contributed by atoms with Crippen LogP contribution < -0.4 is 10.1 Å². The fourth-order valence-electron chi connectivity index (χ4n) is 1.80. The topological polar surface area (TPSA) is 68.3 Å². The summed E-state index contributed by atoms with van der Waals surface area (Å²) in [6.07, 6.45) is 3.04. The summed E-state index contributed by atoms with van der Waals surface area (Å²) in [6.45, 7) is 1.58. The van der Waals surface area contributed by atoms with Crippen LogP contribution in [0.3, 0.4) is 0 Å². The van der Waals surface area contributed by atoms with E-state index in [0.717, 1.165) is 0 Å². The van der Waals surface area contributed by atoms with E-state index in [0.29, 0.717) is 17.0 Å². The number of carbonyl (C=O) groups is 2. The fourth-order valence-corrected chi connectivity index (χ4v) is 1.80. The second kappa shape index (κ2) is 6.65. The lowest BCUT2D eigenvalue weighted by molar-refractivity contribution is -0.118. The van der Waals surface area contributed by atoms with Crippen LogP contribution in [0.15, 0.2) is 48.8 Å². The molecule has 5 nitrogen and oxygen atoms in total. The molecule has 1 aromatic carbocycles. The van der Waals surface area contributed by atoms with Gasteiger partial charge in [0.1, 0.15) is 5.75 Å². The molecule has 0 fully saturated rings. The maximum atomic E-state index is 12.2. The van der Waals surface area contributed by atoms with E-state index < -0.39 is 5.92 Å². The number of ketones is 1. The van der Waals surface area contributed by atoms with Gasteiger partial charge in [0.05, 0.1) is 13.0 Å². The van der Waals surface area contributed by atoms with Crippen molar-refractivity contribution in [3.63, 3.8) is 0 Å². The van der Waals surface area contributed by atoms with Crippen LogP contribution in [-0.4, -0.2) is 23.8 Å². The van der Waals surface area contributed by atoms with Gasteiger partial charge in [0.15, 0.2) is 5.78 Å². The number of Topliss-reactive ketones (excluding diaryl/α,β-unsaturated/α-hetero) is 1. The SMILES string of the molecule is COc1ccc(NC(=O)C(C)C(=O)c2cccnc2)cc1. The molecule has 0 aliphatic heterocycles. The highest BCUT2D eigenvalue weighted by Crippen LogP contribution is 2.16. The molecule has 0 aliphatic carbocycles. The Morgan fingerprint density at radius 1 is 1.19 bits per heavy atom. The molecule has 0 saturated carbocycles. The number of anilines is 1. The van der Waals surface area contributed by atoms with Gasteiger partial charge in [0.2, 0.25) is 5.91 Å². The first-order valence-electron chi connectivity index (χ1n) is 6.51. The Hall–Kier alpha value is -2.69. The molecular formula is C16H16N2O3. The van der Waals surface area contributed by atoms with E-state index in [1.165, 1.54) is 6.20 Å². The van der Waals surface area contributed by atoms with Gasteiger partial charge in [-0.15, -0.1) is 0 Å². The number of aromatic nitrogens is 1. The summed E-state index contributed by atoms with van der Waals surface area (Å²) >= 11 is 0. The largest absolute Gasteiger partial charge is 0.497 e. The van der Waals surface area contributed by atoms with Gasteiger partial charge >= 0.3 is 0 Å². The van der Waals surface area contributed by atoms with Crippen LogP contribution >= 0.6 is 0 Å². The Balaban J connectivity index is 2.03. The maximum absolute atomic E-state index is 12.2. The quantitative estimate of drug-likeness (QED) is 0.676. The van der Waals surface area contributed by atoms with Crippen molar-refractivity contribution in [3.8, 4) is 5.75 Å². The minimum Gasteiger partial charge on any atom is -0.497 e. The Morgan fingerprint density at radius 3 is 2.48 bits per heavy atom. The van der Waals surface area contributed by atoms with Crippen LogP contribution in [-0.2, 0) is 4.79 Å². The van der Waals surface area contributed by atoms with Crippen molar-refractivity contribution < 1.29 is 14.3 Å². The molecule has 21 heavy (non-hydrogen) atoms. The highest BCUT2D eigenvalue weighted by molar-refractivity contribution is 6.13. The highest BCUT2D eigenvalue weighted by atomic mass is 16.5. The third-order valence-corrected chi connectivity index (χ3v) is 3.09. The Bertz CT molecular complexity index is 624. The monoisotopic (exact) mass is 284 g/mol. The molecule has 2 rings (SSSR count). The van der Waals surface area contributed by atoms with E-state index in [2.05, 4.69) is 10.3 Å². The molecule has 0 aliphatic rings. The van der Waals surface area contributed by atoms with Crippen molar-refractivity contribution >= 4 is 17.4 Å². The molecule has 0 spiro atoms. The molecule has 5 heteroatoms. The number of hydrogen-bond donors (Lipinski definition) is 1. The predicted octanol–water partition coefficient (Wildman–Crippen LogP) is 2.55. The number of benzene rings is 1. The average Bonchev–Trinajstić information content (AvgIpc) is 2.55. The molecule has 1 N–H and O–H groups in total. The zero-order valence-corrected chi connectivity index (χ0v) is 11.9. The van der Waals surface area contributed by atoms with Crippen LogP contribution in [0.5, 0.6) is 5.75 Å². The van der Waals surface area contributed by atoms with Crippen molar-refractivity contribution in [2.75, 3.05) is 12.4 Å². The number of hydrogen-bond acceptors (Lipinski definition) is 4. The van der Waals surface area contributed by atoms with E-state index in [1.54, 1.807) is 56.6 Å². The molecule has 1 atom stereocenters. The van der Waals surface area contributed by atoms with Gasteiger partial charge in [-0.05, 0) is 43.3 Å². The molecule has 0 bridgehead atoms. The number of pyridine rings is 1. The molecule has 1 heterocycles. The van der Waals surface area contributed by atoms with E-state index in [9.17, 15) is 9.59 Å². The Labute approximate surface area is 123 Å². The average molecular weight is 284 g/mol. The van der Waals surface area contributed by atoms with Crippen molar-refractivity contribution in [1.29, 1.82) is 0 Å². The standard InChI is InChI=1S/C16H16N2O3/c1-11(15(19)12-4-3-9-17-10-12)16(20)18-13-5-7-14(21-2)8-6-13/h3-11H,1-2H3,(H,18,20). The summed E-state index contributed by atoms with van der Waals surface area (Å²) < 4.78 is 5.04. The summed E-state index contributed by atoms with van der Waals surface area (Å²) in [4.78, 5) is 28.1. The molecule has 108 valence electrons. The predicted molar refractivity (Wildman–Crippen MR) is 79.4 cm³/mol. The second-order valence-electron chi connectivity index (χ2n) is 4.55. The van der Waals surface area contributed by atoms with Crippen LogP contribution in [0.25, 0.3) is 0 Å². The minimum atomic E-state index is -0.781. The molecule has 2 aromatic rings. The first kappa shape index (κ1) is 14.7. The van der Waals surface area contributed by atoms with E-state index in [4.69, 9.17) is 4.74 Å². The first-order valence-corrected chi connectivity index (χ1v) is 6.51. The number of methoxy groups -OCH3 is 1. The number of carbonyl (C=O) groups excluding carboxylic acids is 2. The van der Waals surface area contributed by atoms with Gasteiger partial charge in [-0.3, -0.25) is 14.6 Å². The smallest absolute Gasteiger partial charge is 0.235 e. The van der Waals surface area contributed by atoms with Gasteiger partial charge in [-0.25, -0.2) is 0 Å². The maximum Gasteiger partial charge on any atom is 0.235 e. The molecule has 1 amide bonds. The van der Waals surface area contributed by atoms with Crippen molar-refractivity contribution in [3.05, 3.63) is 54.4 Å². The molecule has 1 aromatic heterocycles. The fraction of sp³-hybridized carbons (Fsp3) is 0.188. The lowest BCUT2D eigenvalue weighted by Crippen LogP contribution is -2.27. The summed E-state index contributed by atoms with van der Waals surface area (Å²) in [7, 11) is 1.57. The lowest BCUT2D eigenvalue weighted by Gasteiger charge is -2.11. The van der Waals surface area contributed by atoms with E-state index in [-0.39, 0.29) is 11.7 Å². The van der Waals surface area contributed by atoms with Gasteiger partial charge in [0, 0.05) is 23.6 Å². The van der Waals surface area contributed by atoms with Crippen molar-refractivity contribution in [2.24, 2.45) is 5.92 Å². The second-order valence-corrected chi connectivity index (χ2v) is 4.55. The molecule has 1 unspecified atom stereocenters. The normalized spacial score (nSPS) is 11.5. The van der Waals surface area contributed by atoms with Crippen LogP contribution in [0.2, 0.25) is 0 Å². The first-order chi connectivity index (χ1) is 10.1. The van der Waals surface area contributed by atoms with E-state index in [1.807, 2.05) is 0 Å². The van der Waals surface area contributed by atoms with Gasteiger partial charge < -0.3 is 10.1 Å². The minimum absolute atomic E-state index is 0.255. The third kappa shape index (κ3) is 3.66. The zero-order valence-electron chi connectivity index (χ0n) is 11.9. The highest BCUT2D eigenvalue weighted by Gasteiger charge is 2.22. The molecular weight excluding hydrogens is 268 g/mol. The van der Waals surface area contributed by atoms with Crippen LogP contribution in [0.1, 0.15) is 17.3 Å². The lowest BCUT2D eigenvalue weighted by atomic mass is 10.00. The summed E-state index contributed by atoms with van der Waals surface area (Å²) in [5, 5.41) is 2.71. The van der Waals surface area contributed by atoms with Crippen LogP contribution in [0, 0.1) is 5.92 Å². The zero-order chi connectivity index (χ0) is 15.2. The number of nitrogens with one attached hydrogen (secondary N) is 1. The molecule has 0 saturated heterocycles. The van der Waals surface area contributed by atoms with Gasteiger partial charge in [-0.1, -0.05) is 0 Å². The summed E-state index contributed by atoms with van der Waals surface area (Å²) in [5.74, 6) is -0.688. The summed E-state index contributed by atoms with van der Waals surface area (Å²) in [6, 6.07) is 10.2. The summed E-state index contributed by atoms with van der Waals surface area (Å²) in [5.41, 5.74) is 1.04. The van der Waals surface area contributed by atoms with E-state index >= 15 is 0 Å². The number of ether oxygens (including phenoxy) is 1. The van der Waals surface area contributed by atoms with Crippen molar-refractivity contribution in [1.82, 2.24) is 4.98 Å². The number of amides is 1. The van der Waals surface area contributed by atoms with Gasteiger partial charge in [-0.2, -0.15) is 0 Å². The molecule has 0 radical (unpaired) electrons. The van der Waals surface area contributed by atoms with Crippen molar-refractivity contribution in [2.45, 2.75) is 6.92 Å². The number of rotatable bonds is 5. The van der Waals surface area contributed by atoms with Gasteiger partial charge in [0.25, 0.3) is 0 Å². The van der Waals surface area contributed by atoms with Crippen LogP contribution in [0.4, 0.5) is 5.69 Å². The third-order valence-electron chi connectivity index (χ3n) is 3.09. The Morgan fingerprint density at radius 2 is 1.90 bits per heavy atom. The number of nitrogens with zero attached hydrogens (tertiary/aromatic N) is 1. The Kier molecular flexibility index (Phi) is 4.66.